The normalized spacial score (nSPS) is 21.2. The quantitative estimate of drug-likeness (QED) is 0.717. The second-order valence-electron chi connectivity index (χ2n) is 7.48. The van der Waals surface area contributed by atoms with E-state index in [0.29, 0.717) is 51.2 Å². The number of carbonyl (C=O) groups is 2. The minimum absolute atomic E-state index is 0.0112. The number of nitrogens with one attached hydrogen (secondary N) is 1. The third kappa shape index (κ3) is 3.68. The molecular weight excluding hydrogens is 425 g/mol. The first-order chi connectivity index (χ1) is 14.4. The molecule has 2 aliphatic rings. The van der Waals surface area contributed by atoms with Crippen LogP contribution in [0.25, 0.3) is 0 Å². The van der Waals surface area contributed by atoms with Gasteiger partial charge in [-0.25, -0.2) is 0 Å². The van der Waals surface area contributed by atoms with Gasteiger partial charge in [-0.1, -0.05) is 41.4 Å². The summed E-state index contributed by atoms with van der Waals surface area (Å²) in [6.45, 7) is 0. The molecule has 0 saturated carbocycles. The van der Waals surface area contributed by atoms with Gasteiger partial charge in [0.25, 0.3) is 0 Å². The molecule has 2 atom stereocenters. The Morgan fingerprint density at radius 3 is 2.47 bits per heavy atom. The summed E-state index contributed by atoms with van der Waals surface area (Å²) in [6.07, 6.45) is 1.07. The van der Waals surface area contributed by atoms with Crippen LogP contribution in [-0.2, 0) is 9.59 Å². The first kappa shape index (κ1) is 20.8. The molecule has 1 N–H and O–H groups in total. The molecule has 0 saturated heterocycles. The number of hydrogen-bond acceptors (Lipinski definition) is 4. The van der Waals surface area contributed by atoms with E-state index in [1.165, 1.54) is 0 Å². The SMILES string of the molecule is COc1ccc([C@H]2CC(=O)C3=C(C2)NC(=O)C[C@H]3c2cccc(Cl)c2Cl)cc1OC. The van der Waals surface area contributed by atoms with Crippen molar-refractivity contribution in [3.8, 4) is 11.5 Å². The lowest BCUT2D eigenvalue weighted by atomic mass is 9.73. The van der Waals surface area contributed by atoms with E-state index in [1.54, 1.807) is 26.4 Å². The fraction of sp³-hybridized carbons (Fsp3) is 0.304. The molecule has 30 heavy (non-hydrogen) atoms. The van der Waals surface area contributed by atoms with Gasteiger partial charge in [0.1, 0.15) is 0 Å². The maximum Gasteiger partial charge on any atom is 0.225 e. The molecule has 5 nitrogen and oxygen atoms in total. The largest absolute Gasteiger partial charge is 0.493 e. The molecule has 0 spiro atoms. The molecule has 0 radical (unpaired) electrons. The van der Waals surface area contributed by atoms with Gasteiger partial charge in [-0.3, -0.25) is 9.59 Å². The molecule has 0 bridgehead atoms. The van der Waals surface area contributed by atoms with Crippen molar-refractivity contribution in [1.29, 1.82) is 0 Å². The predicted octanol–water partition coefficient (Wildman–Crippen LogP) is 5.01. The van der Waals surface area contributed by atoms with E-state index in [2.05, 4.69) is 5.32 Å². The van der Waals surface area contributed by atoms with E-state index in [-0.39, 0.29) is 29.9 Å². The van der Waals surface area contributed by atoms with Crippen molar-refractivity contribution >= 4 is 34.9 Å². The van der Waals surface area contributed by atoms with Crippen LogP contribution in [0.5, 0.6) is 11.5 Å². The average molecular weight is 446 g/mol. The topological polar surface area (TPSA) is 64.6 Å². The molecule has 1 aliphatic carbocycles. The lowest BCUT2D eigenvalue weighted by molar-refractivity contribution is -0.122. The Morgan fingerprint density at radius 1 is 0.967 bits per heavy atom. The van der Waals surface area contributed by atoms with Crippen molar-refractivity contribution in [1.82, 2.24) is 5.32 Å². The summed E-state index contributed by atoms with van der Waals surface area (Å²) in [5.41, 5.74) is 2.98. The number of halogens is 2. The first-order valence-corrected chi connectivity index (χ1v) is 10.4. The highest BCUT2D eigenvalue weighted by atomic mass is 35.5. The second-order valence-corrected chi connectivity index (χ2v) is 8.27. The summed E-state index contributed by atoms with van der Waals surface area (Å²) in [5, 5.41) is 3.72. The number of amides is 1. The number of benzene rings is 2. The Hall–Kier alpha value is -2.50. The molecule has 0 aromatic heterocycles. The average Bonchev–Trinajstić information content (AvgIpc) is 2.74. The van der Waals surface area contributed by atoms with Gasteiger partial charge in [0.05, 0.1) is 24.3 Å². The summed E-state index contributed by atoms with van der Waals surface area (Å²) >= 11 is 12.6. The highest BCUT2D eigenvalue weighted by molar-refractivity contribution is 6.42. The van der Waals surface area contributed by atoms with Crippen LogP contribution in [0.2, 0.25) is 10.0 Å². The standard InChI is InChI=1S/C23H21Cl2NO4/c1-29-19-7-6-12(10-20(19)30-2)13-8-17-22(18(27)9-13)15(11-21(28)26-17)14-4-3-5-16(24)23(14)25/h3-7,10,13,15H,8-9,11H2,1-2H3,(H,26,28)/t13-,15+/m1/s1. The van der Waals surface area contributed by atoms with E-state index < -0.39 is 0 Å². The molecule has 1 aliphatic heterocycles. The minimum Gasteiger partial charge on any atom is -0.493 e. The Balaban J connectivity index is 1.72. The molecule has 2 aromatic rings. The summed E-state index contributed by atoms with van der Waals surface area (Å²) in [4.78, 5) is 25.7. The monoisotopic (exact) mass is 445 g/mol. The summed E-state index contributed by atoms with van der Waals surface area (Å²) in [5.74, 6) is 0.666. The van der Waals surface area contributed by atoms with Crippen LogP contribution in [-0.4, -0.2) is 25.9 Å². The smallest absolute Gasteiger partial charge is 0.225 e. The highest BCUT2D eigenvalue weighted by Gasteiger charge is 2.39. The van der Waals surface area contributed by atoms with Crippen LogP contribution < -0.4 is 14.8 Å². The zero-order chi connectivity index (χ0) is 21.4. The number of allylic oxidation sites excluding steroid dienone is 2. The van der Waals surface area contributed by atoms with Crippen molar-refractivity contribution in [3.63, 3.8) is 0 Å². The zero-order valence-corrected chi connectivity index (χ0v) is 18.1. The first-order valence-electron chi connectivity index (χ1n) is 9.64. The third-order valence-corrected chi connectivity index (χ3v) is 6.61. The number of Topliss-reactive ketones (excluding diaryl/α,β-unsaturated/α-hetero) is 1. The van der Waals surface area contributed by atoms with E-state index in [0.717, 1.165) is 5.56 Å². The maximum atomic E-state index is 13.2. The van der Waals surface area contributed by atoms with Crippen LogP contribution in [0, 0.1) is 0 Å². The summed E-state index contributed by atoms with van der Waals surface area (Å²) < 4.78 is 10.7. The van der Waals surface area contributed by atoms with Crippen molar-refractivity contribution in [2.75, 3.05) is 14.2 Å². The minimum atomic E-state index is -0.390. The number of hydrogen-bond donors (Lipinski definition) is 1. The lowest BCUT2D eigenvalue weighted by Crippen LogP contribution is -2.38. The van der Waals surface area contributed by atoms with E-state index >= 15 is 0 Å². The van der Waals surface area contributed by atoms with Crippen LogP contribution in [0.15, 0.2) is 47.7 Å². The van der Waals surface area contributed by atoms with Crippen LogP contribution >= 0.6 is 23.2 Å². The Labute approximate surface area is 185 Å². The molecular formula is C23H21Cl2NO4. The Morgan fingerprint density at radius 2 is 1.73 bits per heavy atom. The second kappa shape index (κ2) is 8.32. The maximum absolute atomic E-state index is 13.2. The van der Waals surface area contributed by atoms with E-state index in [4.69, 9.17) is 32.7 Å². The Bertz CT molecular complexity index is 1060. The lowest BCUT2D eigenvalue weighted by Gasteiger charge is -2.35. The molecule has 1 heterocycles. The van der Waals surface area contributed by atoms with Crippen LogP contribution in [0.3, 0.4) is 0 Å². The molecule has 1 amide bonds. The van der Waals surface area contributed by atoms with Crippen LogP contribution in [0.4, 0.5) is 0 Å². The highest BCUT2D eigenvalue weighted by Crippen LogP contribution is 2.45. The third-order valence-electron chi connectivity index (χ3n) is 5.77. The van der Waals surface area contributed by atoms with E-state index in [1.807, 2.05) is 24.3 Å². The van der Waals surface area contributed by atoms with Crippen molar-refractivity contribution in [3.05, 3.63) is 68.8 Å². The van der Waals surface area contributed by atoms with Crippen molar-refractivity contribution in [2.45, 2.75) is 31.1 Å². The number of ether oxygens (including phenoxy) is 2. The van der Waals surface area contributed by atoms with Gasteiger partial charge in [-0.15, -0.1) is 0 Å². The summed E-state index contributed by atoms with van der Waals surface area (Å²) in [7, 11) is 3.16. The van der Waals surface area contributed by atoms with Gasteiger partial charge < -0.3 is 14.8 Å². The zero-order valence-electron chi connectivity index (χ0n) is 16.6. The summed E-state index contributed by atoms with van der Waals surface area (Å²) in [6, 6.07) is 11.0. The molecule has 156 valence electrons. The van der Waals surface area contributed by atoms with E-state index in [9.17, 15) is 9.59 Å². The molecule has 4 rings (SSSR count). The number of ketones is 1. The molecule has 7 heteroatoms. The molecule has 0 unspecified atom stereocenters. The van der Waals surface area contributed by atoms with Gasteiger partial charge in [0.2, 0.25) is 5.91 Å². The van der Waals surface area contributed by atoms with Gasteiger partial charge in [-0.05, 0) is 41.7 Å². The fourth-order valence-electron chi connectivity index (χ4n) is 4.36. The Kier molecular flexibility index (Phi) is 5.76. The van der Waals surface area contributed by atoms with Crippen molar-refractivity contribution < 1.29 is 19.1 Å². The number of rotatable bonds is 4. The van der Waals surface area contributed by atoms with Crippen molar-refractivity contribution in [2.24, 2.45) is 0 Å². The number of carbonyl (C=O) groups excluding carboxylic acids is 2. The number of methoxy groups -OCH3 is 2. The fourth-order valence-corrected chi connectivity index (χ4v) is 4.80. The molecule has 0 fully saturated rings. The predicted molar refractivity (Wildman–Crippen MR) is 116 cm³/mol. The van der Waals surface area contributed by atoms with Gasteiger partial charge >= 0.3 is 0 Å². The van der Waals surface area contributed by atoms with Gasteiger partial charge in [0.15, 0.2) is 17.3 Å². The van der Waals surface area contributed by atoms with Gasteiger partial charge in [0, 0.05) is 30.0 Å². The molecule has 2 aromatic carbocycles. The van der Waals surface area contributed by atoms with Gasteiger partial charge in [-0.2, -0.15) is 0 Å². The van der Waals surface area contributed by atoms with Crippen LogP contribution in [0.1, 0.15) is 42.2 Å².